The number of nitrogens with one attached hydrogen (secondary N) is 1. The maximum absolute atomic E-state index is 11.7. The molecule has 0 rings (SSSR count). The zero-order valence-corrected chi connectivity index (χ0v) is 14.7. The lowest BCUT2D eigenvalue weighted by atomic mass is 10.1. The predicted octanol–water partition coefficient (Wildman–Crippen LogP) is 0.748. The first-order valence-corrected chi connectivity index (χ1v) is 9.17. The van der Waals surface area contributed by atoms with Crippen molar-refractivity contribution in [3.05, 3.63) is 0 Å². The number of methoxy groups -OCH3 is 1. The van der Waals surface area contributed by atoms with Gasteiger partial charge in [-0.1, -0.05) is 0 Å². The highest BCUT2D eigenvalue weighted by Gasteiger charge is 2.25. The molecule has 0 aromatic rings. The summed E-state index contributed by atoms with van der Waals surface area (Å²) in [6, 6.07) is -0.998. The van der Waals surface area contributed by atoms with E-state index in [1.807, 2.05) is 0 Å². The number of esters is 1. The number of alkyl carbamates (subject to hydrolysis) is 1. The van der Waals surface area contributed by atoms with Crippen LogP contribution in [0.1, 0.15) is 33.6 Å². The molecule has 0 aromatic carbocycles. The Morgan fingerprint density at radius 3 is 2.18 bits per heavy atom. The van der Waals surface area contributed by atoms with Crippen LogP contribution in [0, 0.1) is 0 Å². The minimum Gasteiger partial charge on any atom is -0.467 e. The lowest BCUT2D eigenvalue weighted by Gasteiger charge is -2.22. The molecular weight excluding hydrogens is 310 g/mol. The largest absolute Gasteiger partial charge is 0.467 e. The van der Waals surface area contributed by atoms with Crippen LogP contribution in [0.2, 0.25) is 0 Å². The average molecular weight is 335 g/mol. The van der Waals surface area contributed by atoms with Crippen LogP contribution < -0.4 is 5.32 Å². The highest BCUT2D eigenvalue weighted by Crippen LogP contribution is 2.08. The zero-order valence-electron chi connectivity index (χ0n) is 13.9. The molecule has 1 atom stereocenters. The van der Waals surface area contributed by atoms with E-state index in [1.165, 1.54) is 19.6 Å². The van der Waals surface area contributed by atoms with E-state index in [4.69, 9.17) is 4.74 Å². The normalized spacial score (nSPS) is 13.0. The fourth-order valence-corrected chi connectivity index (χ4v) is 2.25. The molecular formula is C14H25NO6S. The fourth-order valence-electron chi connectivity index (χ4n) is 1.50. The number of rotatable bonds is 6. The zero-order chi connectivity index (χ0) is 17.6. The van der Waals surface area contributed by atoms with Gasteiger partial charge in [0.1, 0.15) is 11.6 Å². The third-order valence-electron chi connectivity index (χ3n) is 2.27. The van der Waals surface area contributed by atoms with E-state index < -0.39 is 33.2 Å². The van der Waals surface area contributed by atoms with Crippen molar-refractivity contribution < 1.29 is 28.1 Å². The van der Waals surface area contributed by atoms with Crippen molar-refractivity contribution in [2.75, 3.05) is 19.6 Å². The Labute approximate surface area is 131 Å². The molecule has 0 radical (unpaired) electrons. The first kappa shape index (κ1) is 20.4. The van der Waals surface area contributed by atoms with Gasteiger partial charge in [0.15, 0.2) is 5.78 Å². The standard InChI is InChI=1S/C14H25NO6S/c1-14(2,3)21-13(18)15-11(12(17)20-4)8-7-10(16)9-22(5,6)19/h9,11H,7-8H2,1-6H3,(H,15,18)/t11-/m1/s1. The molecule has 0 aromatic heterocycles. The molecule has 128 valence electrons. The van der Waals surface area contributed by atoms with Gasteiger partial charge in [-0.3, -0.25) is 9.00 Å². The molecule has 0 spiro atoms. The van der Waals surface area contributed by atoms with Gasteiger partial charge in [-0.25, -0.2) is 9.59 Å². The Morgan fingerprint density at radius 2 is 1.77 bits per heavy atom. The van der Waals surface area contributed by atoms with E-state index in [0.717, 1.165) is 5.37 Å². The summed E-state index contributed by atoms with van der Waals surface area (Å²) in [5, 5.41) is 3.50. The Hall–Kier alpha value is -1.57. The maximum atomic E-state index is 11.7. The Bertz CT molecular complexity index is 532. The minimum absolute atomic E-state index is 0.0335. The van der Waals surface area contributed by atoms with E-state index in [2.05, 4.69) is 10.1 Å². The molecule has 0 unspecified atom stereocenters. The molecule has 0 saturated carbocycles. The van der Waals surface area contributed by atoms with Crippen molar-refractivity contribution in [2.24, 2.45) is 0 Å². The van der Waals surface area contributed by atoms with Crippen LogP contribution in [0.15, 0.2) is 0 Å². The molecule has 0 aliphatic rings. The van der Waals surface area contributed by atoms with Gasteiger partial charge in [-0.2, -0.15) is 0 Å². The summed E-state index contributed by atoms with van der Waals surface area (Å²) >= 11 is 0. The van der Waals surface area contributed by atoms with Crippen molar-refractivity contribution in [3.8, 4) is 0 Å². The summed E-state index contributed by atoms with van der Waals surface area (Å²) in [4.78, 5) is 35.0. The van der Waals surface area contributed by atoms with Crippen molar-refractivity contribution in [1.29, 1.82) is 0 Å². The SMILES string of the molecule is COC(=O)[C@@H](CCC(=O)C=S(C)(C)=O)NC(=O)OC(C)(C)C. The Kier molecular flexibility index (Phi) is 7.58. The summed E-state index contributed by atoms with van der Waals surface area (Å²) < 4.78 is 21.2. The molecule has 8 heteroatoms. The summed E-state index contributed by atoms with van der Waals surface area (Å²) in [7, 11) is -1.11. The number of hydrogen-bond acceptors (Lipinski definition) is 6. The second-order valence-electron chi connectivity index (χ2n) is 6.15. The molecule has 0 bridgehead atoms. The Balaban J connectivity index is 4.75. The van der Waals surface area contributed by atoms with Crippen molar-refractivity contribution in [2.45, 2.75) is 45.3 Å². The van der Waals surface area contributed by atoms with Crippen molar-refractivity contribution in [3.63, 3.8) is 0 Å². The molecule has 7 nitrogen and oxygen atoms in total. The van der Waals surface area contributed by atoms with Crippen LogP contribution in [0.5, 0.6) is 0 Å². The number of carbonyl (C=O) groups is 3. The number of hydrogen-bond donors (Lipinski definition) is 1. The summed E-state index contributed by atoms with van der Waals surface area (Å²) in [6.45, 7) is 5.08. The average Bonchev–Trinajstić information content (AvgIpc) is 2.28. The van der Waals surface area contributed by atoms with Gasteiger partial charge in [-0.15, -0.1) is 0 Å². The number of ketones is 1. The van der Waals surface area contributed by atoms with Crippen LogP contribution in [0.4, 0.5) is 4.79 Å². The van der Waals surface area contributed by atoms with Crippen molar-refractivity contribution in [1.82, 2.24) is 5.32 Å². The summed E-state index contributed by atoms with van der Waals surface area (Å²) in [5.74, 6) is -1.03. The highest BCUT2D eigenvalue weighted by atomic mass is 32.2. The second-order valence-corrected chi connectivity index (χ2v) is 9.01. The van der Waals surface area contributed by atoms with E-state index >= 15 is 0 Å². The summed E-state index contributed by atoms with van der Waals surface area (Å²) in [6.07, 6.45) is 2.13. The number of Topliss-reactive ketones (excluding diaryl/α,β-unsaturated/α-hetero) is 1. The molecule has 0 saturated heterocycles. The molecule has 0 heterocycles. The van der Waals surface area contributed by atoms with Gasteiger partial charge < -0.3 is 14.8 Å². The van der Waals surface area contributed by atoms with Gasteiger partial charge in [0.05, 0.1) is 7.11 Å². The molecule has 0 fully saturated rings. The number of amides is 1. The molecule has 1 N–H and O–H groups in total. The first-order chi connectivity index (χ1) is 9.84. The van der Waals surface area contributed by atoms with Gasteiger partial charge in [0.2, 0.25) is 0 Å². The lowest BCUT2D eigenvalue weighted by Crippen LogP contribution is -2.44. The van der Waals surface area contributed by atoms with Gasteiger partial charge >= 0.3 is 12.1 Å². The second kappa shape index (κ2) is 8.17. The minimum atomic E-state index is -2.30. The Morgan fingerprint density at radius 1 is 1.23 bits per heavy atom. The lowest BCUT2D eigenvalue weighted by molar-refractivity contribution is -0.143. The van der Waals surface area contributed by atoms with E-state index in [-0.39, 0.29) is 18.6 Å². The quantitative estimate of drug-likeness (QED) is 0.568. The van der Waals surface area contributed by atoms with E-state index in [1.54, 1.807) is 20.8 Å². The summed E-state index contributed by atoms with van der Waals surface area (Å²) in [5.41, 5.74) is -0.704. The van der Waals surface area contributed by atoms with Gasteiger partial charge in [-0.05, 0) is 36.7 Å². The van der Waals surface area contributed by atoms with Crippen LogP contribution in [0.3, 0.4) is 0 Å². The van der Waals surface area contributed by atoms with Crippen LogP contribution >= 0.6 is 0 Å². The third kappa shape index (κ3) is 10.2. The molecule has 1 amide bonds. The molecule has 0 aliphatic heterocycles. The smallest absolute Gasteiger partial charge is 0.408 e. The van der Waals surface area contributed by atoms with Crippen LogP contribution in [-0.2, 0) is 28.6 Å². The third-order valence-corrected chi connectivity index (χ3v) is 3.10. The van der Waals surface area contributed by atoms with Crippen molar-refractivity contribution >= 4 is 32.7 Å². The van der Waals surface area contributed by atoms with Crippen LogP contribution in [0.25, 0.3) is 0 Å². The van der Waals surface area contributed by atoms with Gasteiger partial charge in [0, 0.05) is 24.3 Å². The number of ether oxygens (including phenoxy) is 2. The van der Waals surface area contributed by atoms with Crippen LogP contribution in [-0.4, -0.2) is 58.7 Å². The fraction of sp³-hybridized carbons (Fsp3) is 0.714. The molecule has 22 heavy (non-hydrogen) atoms. The molecule has 0 aliphatic carbocycles. The predicted molar refractivity (Wildman–Crippen MR) is 85.5 cm³/mol. The topological polar surface area (TPSA) is 98.8 Å². The van der Waals surface area contributed by atoms with E-state index in [0.29, 0.717) is 0 Å². The highest BCUT2D eigenvalue weighted by molar-refractivity contribution is 8.01. The monoisotopic (exact) mass is 335 g/mol. The first-order valence-electron chi connectivity index (χ1n) is 6.73. The maximum Gasteiger partial charge on any atom is 0.408 e. The van der Waals surface area contributed by atoms with Gasteiger partial charge in [0.25, 0.3) is 0 Å². The number of carbonyl (C=O) groups excluding carboxylic acids is 3. The van der Waals surface area contributed by atoms with E-state index in [9.17, 15) is 18.6 Å².